The molecule has 0 atom stereocenters. The fourth-order valence-electron chi connectivity index (χ4n) is 1.98. The van der Waals surface area contributed by atoms with Gasteiger partial charge in [-0.05, 0) is 0 Å². The van der Waals surface area contributed by atoms with Crippen LogP contribution in [0, 0.1) is 19.0 Å². The van der Waals surface area contributed by atoms with Crippen molar-refractivity contribution in [2.45, 2.75) is 87.7 Å². The van der Waals surface area contributed by atoms with E-state index in [2.05, 4.69) is 72.1 Å². The van der Waals surface area contributed by atoms with Crippen LogP contribution in [0.5, 0.6) is 0 Å². The molecular weight excluding hydrogens is 391 g/mol. The van der Waals surface area contributed by atoms with Crippen LogP contribution in [0.2, 0.25) is 48.2 Å². The second kappa shape index (κ2) is 9.48. The van der Waals surface area contributed by atoms with Gasteiger partial charge in [-0.3, -0.25) is 0 Å². The molecule has 0 heterocycles. The fourth-order valence-corrected chi connectivity index (χ4v) is 21.5. The van der Waals surface area contributed by atoms with Crippen LogP contribution < -0.4 is 0 Å². The van der Waals surface area contributed by atoms with Crippen LogP contribution in [0.15, 0.2) is 0 Å². The first-order chi connectivity index (χ1) is 9.54. The number of rotatable bonds is 6. The second-order valence-corrected chi connectivity index (χ2v) is 28.2. The van der Waals surface area contributed by atoms with Gasteiger partial charge in [-0.1, -0.05) is 0 Å². The topological polar surface area (TPSA) is 0 Å². The zero-order chi connectivity index (χ0) is 16.6. The van der Waals surface area contributed by atoms with Crippen LogP contribution >= 0.6 is 0 Å². The molecule has 21 heavy (non-hydrogen) atoms. The Balaban J connectivity index is 5.58. The fraction of sp³-hybridized carbons (Fsp3) is 0.778. The summed E-state index contributed by atoms with van der Waals surface area (Å²) < 4.78 is 10.5. The molecule has 0 aromatic rings. The van der Waals surface area contributed by atoms with Gasteiger partial charge in [0.15, 0.2) is 0 Å². The van der Waals surface area contributed by atoms with Gasteiger partial charge in [0.2, 0.25) is 0 Å². The Bertz CT molecular complexity index is 377. The number of unbranched alkanes of at least 4 members (excludes halogenated alkanes) is 2. The standard InChI is InChI=1S/2C5H9Si.2C4H9.Sn/c2*1-5-6(2,3)4;2*1-3-4-2;/h2*2-4H3;2*1,3-4H2,2H3;. The molecule has 120 valence electrons. The van der Waals surface area contributed by atoms with Crippen molar-refractivity contribution in [2.24, 2.45) is 0 Å². The molecule has 0 saturated heterocycles. The van der Waals surface area contributed by atoms with E-state index in [-0.39, 0.29) is 0 Å². The van der Waals surface area contributed by atoms with E-state index in [0.717, 1.165) is 0 Å². The molecule has 0 bridgehead atoms. The van der Waals surface area contributed by atoms with E-state index in [0.29, 0.717) is 0 Å². The van der Waals surface area contributed by atoms with E-state index in [9.17, 15) is 0 Å². The maximum absolute atomic E-state index is 3.89. The maximum atomic E-state index is 3.89. The summed E-state index contributed by atoms with van der Waals surface area (Å²) in [6.07, 6.45) is 5.24. The zero-order valence-electron chi connectivity index (χ0n) is 15.7. The van der Waals surface area contributed by atoms with E-state index < -0.39 is 34.5 Å². The Labute approximate surface area is 140 Å². The molecule has 0 aromatic carbocycles. The van der Waals surface area contributed by atoms with Gasteiger partial charge >= 0.3 is 141 Å². The van der Waals surface area contributed by atoms with Crippen molar-refractivity contribution in [3.63, 3.8) is 0 Å². The molecule has 3 heteroatoms. The van der Waals surface area contributed by atoms with Crippen LogP contribution in [0.4, 0.5) is 0 Å². The minimum atomic E-state index is -2.57. The average molecular weight is 427 g/mol. The van der Waals surface area contributed by atoms with Crippen LogP contribution in [-0.2, 0) is 0 Å². The van der Waals surface area contributed by atoms with Gasteiger partial charge in [-0.15, -0.1) is 0 Å². The van der Waals surface area contributed by atoms with E-state index in [4.69, 9.17) is 0 Å². The van der Waals surface area contributed by atoms with Crippen molar-refractivity contribution < 1.29 is 0 Å². The summed E-state index contributed by atoms with van der Waals surface area (Å²) in [5.41, 5.74) is 7.42. The van der Waals surface area contributed by atoms with Gasteiger partial charge in [0.1, 0.15) is 0 Å². The van der Waals surface area contributed by atoms with Gasteiger partial charge in [0.05, 0.1) is 0 Å². The molecule has 0 aliphatic rings. The predicted molar refractivity (Wildman–Crippen MR) is 107 cm³/mol. The molecule has 0 aromatic heterocycles. The Kier molecular flexibility index (Phi) is 9.64. The SMILES string of the molecule is CCC[CH2][Sn]([C]#C[Si](C)(C)C)([C]#C[Si](C)(C)C)[CH2]CCC. The summed E-state index contributed by atoms with van der Waals surface area (Å²) in [6.45, 7) is 18.8. The predicted octanol–water partition coefficient (Wildman–Crippen LogP) is 5.88. The molecule has 0 saturated carbocycles. The van der Waals surface area contributed by atoms with E-state index in [1.54, 1.807) is 0 Å². The Morgan fingerprint density at radius 3 is 1.24 bits per heavy atom. The van der Waals surface area contributed by atoms with Crippen molar-refractivity contribution in [2.75, 3.05) is 0 Å². The monoisotopic (exact) mass is 428 g/mol. The summed E-state index contributed by atoms with van der Waals surface area (Å²) in [7, 11) is -2.57. The third-order valence-electron chi connectivity index (χ3n) is 3.27. The summed E-state index contributed by atoms with van der Waals surface area (Å²) in [4.78, 5) is 0. The first-order valence-electron chi connectivity index (χ1n) is 8.62. The minimum absolute atomic E-state index is 1.29. The van der Waals surface area contributed by atoms with Crippen molar-refractivity contribution in [1.29, 1.82) is 0 Å². The molecule has 0 N–H and O–H groups in total. The van der Waals surface area contributed by atoms with Crippen molar-refractivity contribution in [3.8, 4) is 19.0 Å². The van der Waals surface area contributed by atoms with Crippen molar-refractivity contribution in [3.05, 3.63) is 0 Å². The van der Waals surface area contributed by atoms with Crippen molar-refractivity contribution in [1.82, 2.24) is 0 Å². The molecule has 0 aliphatic heterocycles. The molecule has 0 rings (SSSR count). The average Bonchev–Trinajstić information content (AvgIpc) is 2.35. The van der Waals surface area contributed by atoms with Crippen LogP contribution in [0.25, 0.3) is 0 Å². The quantitative estimate of drug-likeness (QED) is 0.367. The molecular formula is C18H36Si2Sn. The van der Waals surface area contributed by atoms with Gasteiger partial charge in [-0.2, -0.15) is 0 Å². The summed E-state index contributed by atoms with van der Waals surface area (Å²) in [5, 5.41) is 0. The summed E-state index contributed by atoms with van der Waals surface area (Å²) in [5.74, 6) is 0. The van der Waals surface area contributed by atoms with E-state index in [1.165, 1.54) is 34.6 Å². The third kappa shape index (κ3) is 11.6. The summed E-state index contributed by atoms with van der Waals surface area (Å²) in [6, 6.07) is 0. The Morgan fingerprint density at radius 2 is 1.00 bits per heavy atom. The van der Waals surface area contributed by atoms with Crippen LogP contribution in [0.3, 0.4) is 0 Å². The van der Waals surface area contributed by atoms with E-state index >= 15 is 0 Å². The molecule has 0 spiro atoms. The molecule has 0 aliphatic carbocycles. The Hall–Kier alpha value is 0.352. The summed E-state index contributed by atoms with van der Waals surface area (Å²) >= 11 is -2.57. The molecule has 0 radical (unpaired) electrons. The second-order valence-electron chi connectivity index (χ2n) is 8.29. The third-order valence-corrected chi connectivity index (χ3v) is 16.8. The first-order valence-corrected chi connectivity index (χ1v) is 22.5. The molecule has 0 fully saturated rings. The van der Waals surface area contributed by atoms with Crippen LogP contribution in [0.1, 0.15) is 39.5 Å². The van der Waals surface area contributed by atoms with E-state index in [1.807, 2.05) is 0 Å². The van der Waals surface area contributed by atoms with Crippen LogP contribution in [-0.4, -0.2) is 34.5 Å². The number of hydrogen-bond donors (Lipinski definition) is 0. The Morgan fingerprint density at radius 1 is 0.667 bits per heavy atom. The number of hydrogen-bond acceptors (Lipinski definition) is 0. The normalized spacial score (nSPS) is 12.2. The van der Waals surface area contributed by atoms with Crippen molar-refractivity contribution >= 4 is 34.5 Å². The molecule has 0 nitrogen and oxygen atoms in total. The van der Waals surface area contributed by atoms with Gasteiger partial charge in [-0.25, -0.2) is 0 Å². The van der Waals surface area contributed by atoms with Gasteiger partial charge < -0.3 is 0 Å². The van der Waals surface area contributed by atoms with Gasteiger partial charge in [0.25, 0.3) is 0 Å². The first kappa shape index (κ1) is 21.4. The van der Waals surface area contributed by atoms with Gasteiger partial charge in [0, 0.05) is 0 Å². The molecule has 0 amide bonds. The zero-order valence-corrected chi connectivity index (χ0v) is 20.6. The molecule has 0 unspecified atom stereocenters.